The summed E-state index contributed by atoms with van der Waals surface area (Å²) in [5, 5.41) is 17.8. The number of amides is 1. The summed E-state index contributed by atoms with van der Waals surface area (Å²) in [6.45, 7) is 5.51. The first-order valence-electron chi connectivity index (χ1n) is 8.61. The first-order chi connectivity index (χ1) is 11.6. The average Bonchev–Trinajstić information content (AvgIpc) is 3.10. The van der Waals surface area contributed by atoms with Gasteiger partial charge in [-0.05, 0) is 50.4 Å². The molecule has 7 nitrogen and oxygen atoms in total. The van der Waals surface area contributed by atoms with E-state index in [1.165, 1.54) is 6.07 Å². The van der Waals surface area contributed by atoms with Crippen LogP contribution in [0, 0.1) is 16.0 Å². The highest BCUT2D eigenvalue weighted by Crippen LogP contribution is 2.31. The van der Waals surface area contributed by atoms with Crippen LogP contribution in [0.15, 0.2) is 18.2 Å². The fourth-order valence-corrected chi connectivity index (χ4v) is 3.52. The van der Waals surface area contributed by atoms with E-state index in [9.17, 15) is 14.9 Å². The molecule has 2 atom stereocenters. The van der Waals surface area contributed by atoms with Gasteiger partial charge in [0.1, 0.15) is 5.69 Å². The lowest BCUT2D eigenvalue weighted by atomic mass is 9.95. The van der Waals surface area contributed by atoms with Crippen molar-refractivity contribution in [1.29, 1.82) is 0 Å². The second kappa shape index (κ2) is 7.17. The third-order valence-electron chi connectivity index (χ3n) is 4.98. The number of nitrogens with zero attached hydrogens (tertiary/aromatic N) is 2. The Bertz CT molecular complexity index is 628. The number of nitro groups is 1. The van der Waals surface area contributed by atoms with E-state index >= 15 is 0 Å². The van der Waals surface area contributed by atoms with Crippen LogP contribution in [0.4, 0.5) is 11.4 Å². The standard InChI is InChI=1S/C17H24N4O3/c1-12-11-18-7-6-14(12)19-17(22)13-4-5-15(16(10-13)21(23)24)20-8-2-3-9-20/h4-5,10,12,14,18H,2-3,6-9,11H2,1H3,(H,19,22). The molecule has 1 amide bonds. The smallest absolute Gasteiger partial charge is 0.293 e. The highest BCUT2D eigenvalue weighted by atomic mass is 16.6. The number of piperidine rings is 1. The van der Waals surface area contributed by atoms with Crippen molar-refractivity contribution in [1.82, 2.24) is 10.6 Å². The third kappa shape index (κ3) is 3.51. The SMILES string of the molecule is CC1CNCCC1NC(=O)c1ccc(N2CCCC2)c([N+](=O)[O-])c1. The summed E-state index contributed by atoms with van der Waals surface area (Å²) >= 11 is 0. The molecular formula is C17H24N4O3. The monoisotopic (exact) mass is 332 g/mol. The van der Waals surface area contributed by atoms with Gasteiger partial charge in [-0.15, -0.1) is 0 Å². The highest BCUT2D eigenvalue weighted by Gasteiger charge is 2.26. The summed E-state index contributed by atoms with van der Waals surface area (Å²) in [6, 6.07) is 4.93. The molecule has 2 N–H and O–H groups in total. The maximum Gasteiger partial charge on any atom is 0.293 e. The molecule has 130 valence electrons. The Kier molecular flexibility index (Phi) is 4.99. The Morgan fingerprint density at radius 3 is 2.79 bits per heavy atom. The number of rotatable bonds is 4. The molecule has 2 unspecified atom stereocenters. The van der Waals surface area contributed by atoms with Crippen LogP contribution in [0.2, 0.25) is 0 Å². The van der Waals surface area contributed by atoms with Crippen molar-refractivity contribution in [3.8, 4) is 0 Å². The minimum Gasteiger partial charge on any atom is -0.366 e. The second-order valence-corrected chi connectivity index (χ2v) is 6.70. The number of nitrogens with one attached hydrogen (secondary N) is 2. The lowest BCUT2D eigenvalue weighted by Gasteiger charge is -2.30. The van der Waals surface area contributed by atoms with Gasteiger partial charge in [-0.1, -0.05) is 6.92 Å². The summed E-state index contributed by atoms with van der Waals surface area (Å²) in [6.07, 6.45) is 2.97. The molecule has 2 fully saturated rings. The Morgan fingerprint density at radius 1 is 1.38 bits per heavy atom. The van der Waals surface area contributed by atoms with Crippen molar-refractivity contribution < 1.29 is 9.72 Å². The fourth-order valence-electron chi connectivity index (χ4n) is 3.52. The van der Waals surface area contributed by atoms with Crippen LogP contribution in [-0.2, 0) is 0 Å². The van der Waals surface area contributed by atoms with Crippen LogP contribution in [0.25, 0.3) is 0 Å². The van der Waals surface area contributed by atoms with E-state index < -0.39 is 4.92 Å². The van der Waals surface area contributed by atoms with Gasteiger partial charge in [-0.25, -0.2) is 0 Å². The zero-order valence-corrected chi connectivity index (χ0v) is 14.0. The summed E-state index contributed by atoms with van der Waals surface area (Å²) in [7, 11) is 0. The van der Waals surface area contributed by atoms with E-state index in [4.69, 9.17) is 0 Å². The first-order valence-corrected chi connectivity index (χ1v) is 8.61. The van der Waals surface area contributed by atoms with Gasteiger partial charge in [0.2, 0.25) is 0 Å². The molecule has 0 radical (unpaired) electrons. The van der Waals surface area contributed by atoms with Crippen LogP contribution in [0.1, 0.15) is 36.5 Å². The molecule has 2 heterocycles. The number of hydrogen-bond donors (Lipinski definition) is 2. The van der Waals surface area contributed by atoms with Crippen LogP contribution in [0.3, 0.4) is 0 Å². The molecule has 7 heteroatoms. The summed E-state index contributed by atoms with van der Waals surface area (Å²) < 4.78 is 0. The van der Waals surface area contributed by atoms with Gasteiger partial charge in [0, 0.05) is 30.8 Å². The van der Waals surface area contributed by atoms with Crippen molar-refractivity contribution >= 4 is 17.3 Å². The Labute approximate surface area is 141 Å². The second-order valence-electron chi connectivity index (χ2n) is 6.70. The van der Waals surface area contributed by atoms with Crippen molar-refractivity contribution in [2.24, 2.45) is 5.92 Å². The van der Waals surface area contributed by atoms with Crippen LogP contribution < -0.4 is 15.5 Å². The number of anilines is 1. The van der Waals surface area contributed by atoms with E-state index in [2.05, 4.69) is 17.6 Å². The molecule has 24 heavy (non-hydrogen) atoms. The van der Waals surface area contributed by atoms with Gasteiger partial charge in [0.15, 0.2) is 0 Å². The molecule has 0 saturated carbocycles. The molecule has 0 bridgehead atoms. The summed E-state index contributed by atoms with van der Waals surface area (Å²) in [5.41, 5.74) is 0.988. The van der Waals surface area contributed by atoms with Gasteiger partial charge < -0.3 is 15.5 Å². The van der Waals surface area contributed by atoms with Gasteiger partial charge in [0.05, 0.1) is 4.92 Å². The predicted molar refractivity (Wildman–Crippen MR) is 92.4 cm³/mol. The average molecular weight is 332 g/mol. The Hall–Kier alpha value is -2.15. The highest BCUT2D eigenvalue weighted by molar-refractivity contribution is 5.96. The van der Waals surface area contributed by atoms with Crippen molar-refractivity contribution in [2.45, 2.75) is 32.2 Å². The number of hydrogen-bond acceptors (Lipinski definition) is 5. The number of nitro benzene ring substituents is 1. The van der Waals surface area contributed by atoms with Gasteiger partial charge >= 0.3 is 0 Å². The maximum atomic E-state index is 12.5. The number of carbonyl (C=O) groups is 1. The lowest BCUT2D eigenvalue weighted by molar-refractivity contribution is -0.384. The third-order valence-corrected chi connectivity index (χ3v) is 4.98. The van der Waals surface area contributed by atoms with Crippen molar-refractivity contribution in [3.63, 3.8) is 0 Å². The van der Waals surface area contributed by atoms with Crippen molar-refractivity contribution in [3.05, 3.63) is 33.9 Å². The zero-order chi connectivity index (χ0) is 17.1. The molecule has 1 aromatic rings. The minimum atomic E-state index is -0.391. The fraction of sp³-hybridized carbons (Fsp3) is 0.588. The van der Waals surface area contributed by atoms with E-state index in [1.54, 1.807) is 12.1 Å². The molecule has 1 aromatic carbocycles. The van der Waals surface area contributed by atoms with Crippen LogP contribution >= 0.6 is 0 Å². The van der Waals surface area contributed by atoms with E-state index in [1.807, 2.05) is 4.90 Å². The Balaban J connectivity index is 1.78. The lowest BCUT2D eigenvalue weighted by Crippen LogP contribution is -2.48. The van der Waals surface area contributed by atoms with Crippen LogP contribution in [-0.4, -0.2) is 43.1 Å². The largest absolute Gasteiger partial charge is 0.366 e. The van der Waals surface area contributed by atoms with E-state index in [-0.39, 0.29) is 17.6 Å². The molecule has 3 rings (SSSR count). The predicted octanol–water partition coefficient (Wildman–Crippen LogP) is 1.92. The van der Waals surface area contributed by atoms with Crippen molar-refractivity contribution in [2.75, 3.05) is 31.1 Å². The summed E-state index contributed by atoms with van der Waals surface area (Å²) in [4.78, 5) is 25.6. The molecule has 2 aliphatic rings. The van der Waals surface area contributed by atoms with E-state index in [0.717, 1.165) is 45.4 Å². The molecule has 2 saturated heterocycles. The first kappa shape index (κ1) is 16.7. The molecular weight excluding hydrogens is 308 g/mol. The van der Waals surface area contributed by atoms with E-state index in [0.29, 0.717) is 17.2 Å². The van der Waals surface area contributed by atoms with Crippen LogP contribution in [0.5, 0.6) is 0 Å². The Morgan fingerprint density at radius 2 is 2.12 bits per heavy atom. The molecule has 2 aliphatic heterocycles. The van der Waals surface area contributed by atoms with Gasteiger partial charge in [-0.3, -0.25) is 14.9 Å². The minimum absolute atomic E-state index is 0.0166. The summed E-state index contributed by atoms with van der Waals surface area (Å²) in [5.74, 6) is 0.117. The normalized spacial score (nSPS) is 24.0. The molecule has 0 aliphatic carbocycles. The quantitative estimate of drug-likeness (QED) is 0.650. The molecule has 0 aromatic heterocycles. The topological polar surface area (TPSA) is 87.5 Å². The maximum absolute atomic E-state index is 12.5. The number of carbonyl (C=O) groups excluding carboxylic acids is 1. The zero-order valence-electron chi connectivity index (χ0n) is 14.0. The number of benzene rings is 1. The van der Waals surface area contributed by atoms with Gasteiger partial charge in [-0.2, -0.15) is 0 Å². The van der Waals surface area contributed by atoms with Gasteiger partial charge in [0.25, 0.3) is 11.6 Å². The molecule has 0 spiro atoms.